The summed E-state index contributed by atoms with van der Waals surface area (Å²) in [5, 5.41) is 7.31. The number of nitrogens with zero attached hydrogens (tertiary/aromatic N) is 3. The van der Waals surface area contributed by atoms with Crippen molar-refractivity contribution in [2.45, 2.75) is 13.5 Å². The third kappa shape index (κ3) is 4.55. The Morgan fingerprint density at radius 2 is 1.97 bits per heavy atom. The summed E-state index contributed by atoms with van der Waals surface area (Å²) in [7, 11) is 1.52. The SMILES string of the molecule is COc1ccc(C)cc1NC(=O)Cn1cccc(-c2nc(-c3ccc(Cl)cc3)no2)c1=O. The van der Waals surface area contributed by atoms with Crippen molar-refractivity contribution in [3.63, 3.8) is 0 Å². The Balaban J connectivity index is 1.56. The van der Waals surface area contributed by atoms with E-state index in [1.807, 2.05) is 13.0 Å². The number of anilines is 1. The fourth-order valence-electron chi connectivity index (χ4n) is 3.14. The number of amides is 1. The maximum Gasteiger partial charge on any atom is 0.263 e. The van der Waals surface area contributed by atoms with Crippen molar-refractivity contribution in [1.29, 1.82) is 0 Å². The van der Waals surface area contributed by atoms with E-state index in [0.717, 1.165) is 5.56 Å². The average molecular weight is 451 g/mol. The molecule has 0 spiro atoms. The number of carbonyl (C=O) groups excluding carboxylic acids is 1. The van der Waals surface area contributed by atoms with E-state index in [1.165, 1.54) is 17.9 Å². The van der Waals surface area contributed by atoms with Crippen molar-refractivity contribution in [3.8, 4) is 28.6 Å². The van der Waals surface area contributed by atoms with Gasteiger partial charge in [0.05, 0.1) is 12.8 Å². The molecule has 1 amide bonds. The predicted octanol–water partition coefficient (Wildman–Crippen LogP) is 4.17. The van der Waals surface area contributed by atoms with Crippen molar-refractivity contribution in [2.75, 3.05) is 12.4 Å². The highest BCUT2D eigenvalue weighted by Gasteiger charge is 2.16. The topological polar surface area (TPSA) is 99.2 Å². The molecule has 4 rings (SSSR count). The van der Waals surface area contributed by atoms with Crippen LogP contribution in [0.5, 0.6) is 5.75 Å². The van der Waals surface area contributed by atoms with Crippen LogP contribution in [0.2, 0.25) is 5.02 Å². The molecule has 0 aliphatic carbocycles. The van der Waals surface area contributed by atoms with Gasteiger partial charge < -0.3 is 19.1 Å². The number of nitrogens with one attached hydrogen (secondary N) is 1. The Labute approximate surface area is 188 Å². The van der Waals surface area contributed by atoms with Gasteiger partial charge in [0.2, 0.25) is 11.7 Å². The van der Waals surface area contributed by atoms with Crippen molar-refractivity contribution in [2.24, 2.45) is 0 Å². The Hall–Kier alpha value is -3.91. The highest BCUT2D eigenvalue weighted by Crippen LogP contribution is 2.25. The van der Waals surface area contributed by atoms with Gasteiger partial charge in [0.25, 0.3) is 11.4 Å². The van der Waals surface area contributed by atoms with Crippen LogP contribution in [0.4, 0.5) is 5.69 Å². The number of halogens is 1. The van der Waals surface area contributed by atoms with Gasteiger partial charge in [0.15, 0.2) is 0 Å². The molecule has 0 atom stereocenters. The fraction of sp³-hybridized carbons (Fsp3) is 0.130. The predicted molar refractivity (Wildman–Crippen MR) is 121 cm³/mol. The van der Waals surface area contributed by atoms with Gasteiger partial charge in [0, 0.05) is 16.8 Å². The molecular weight excluding hydrogens is 432 g/mol. The lowest BCUT2D eigenvalue weighted by atomic mass is 10.2. The zero-order valence-electron chi connectivity index (χ0n) is 17.3. The monoisotopic (exact) mass is 450 g/mol. The van der Waals surface area contributed by atoms with Gasteiger partial charge in [-0.1, -0.05) is 22.8 Å². The lowest BCUT2D eigenvalue weighted by Gasteiger charge is -2.12. The molecule has 2 heterocycles. The lowest BCUT2D eigenvalue weighted by molar-refractivity contribution is -0.116. The Morgan fingerprint density at radius 3 is 2.72 bits per heavy atom. The largest absolute Gasteiger partial charge is 0.495 e. The first kappa shape index (κ1) is 21.3. The summed E-state index contributed by atoms with van der Waals surface area (Å²) < 4.78 is 11.8. The molecule has 2 aromatic carbocycles. The Kier molecular flexibility index (Phi) is 6.04. The van der Waals surface area contributed by atoms with Crippen molar-refractivity contribution in [1.82, 2.24) is 14.7 Å². The van der Waals surface area contributed by atoms with E-state index in [-0.39, 0.29) is 23.9 Å². The van der Waals surface area contributed by atoms with E-state index in [9.17, 15) is 9.59 Å². The van der Waals surface area contributed by atoms with Gasteiger partial charge in [-0.2, -0.15) is 4.98 Å². The molecule has 32 heavy (non-hydrogen) atoms. The number of pyridine rings is 1. The van der Waals surface area contributed by atoms with Gasteiger partial charge in [-0.15, -0.1) is 0 Å². The number of rotatable bonds is 6. The van der Waals surface area contributed by atoms with Gasteiger partial charge >= 0.3 is 0 Å². The Bertz CT molecular complexity index is 1330. The molecule has 0 saturated heterocycles. The number of aryl methyl sites for hydroxylation is 1. The highest BCUT2D eigenvalue weighted by molar-refractivity contribution is 6.30. The molecule has 8 nitrogen and oxygen atoms in total. The van der Waals surface area contributed by atoms with Crippen LogP contribution < -0.4 is 15.6 Å². The summed E-state index contributed by atoms with van der Waals surface area (Å²) in [6, 6.07) is 15.6. The summed E-state index contributed by atoms with van der Waals surface area (Å²) in [6.45, 7) is 1.72. The minimum absolute atomic E-state index is 0.0649. The van der Waals surface area contributed by atoms with Crippen LogP contribution in [0, 0.1) is 6.92 Å². The molecule has 0 radical (unpaired) electrons. The van der Waals surface area contributed by atoms with E-state index in [0.29, 0.717) is 27.8 Å². The van der Waals surface area contributed by atoms with E-state index in [1.54, 1.807) is 48.5 Å². The smallest absolute Gasteiger partial charge is 0.263 e. The van der Waals surface area contributed by atoms with Gasteiger partial charge in [-0.3, -0.25) is 9.59 Å². The summed E-state index contributed by atoms with van der Waals surface area (Å²) >= 11 is 5.91. The van der Waals surface area contributed by atoms with Crippen molar-refractivity contribution >= 4 is 23.2 Å². The van der Waals surface area contributed by atoms with Crippen LogP contribution in [0.1, 0.15) is 5.56 Å². The zero-order chi connectivity index (χ0) is 22.7. The van der Waals surface area contributed by atoms with Crippen LogP contribution in [-0.2, 0) is 11.3 Å². The standard InChI is InChI=1S/C23H19ClN4O4/c1-14-5-10-19(31-2)18(12-14)25-20(29)13-28-11-3-4-17(23(28)30)22-26-21(27-32-22)15-6-8-16(24)9-7-15/h3-12H,13H2,1-2H3,(H,25,29). The summed E-state index contributed by atoms with van der Waals surface area (Å²) in [5.41, 5.74) is 1.97. The van der Waals surface area contributed by atoms with Crippen LogP contribution in [0.15, 0.2) is 70.1 Å². The highest BCUT2D eigenvalue weighted by atomic mass is 35.5. The van der Waals surface area contributed by atoms with E-state index in [4.69, 9.17) is 20.9 Å². The average Bonchev–Trinajstić information content (AvgIpc) is 3.26. The first-order valence-corrected chi connectivity index (χ1v) is 10.1. The number of methoxy groups -OCH3 is 1. The molecule has 0 aliphatic rings. The van der Waals surface area contributed by atoms with Crippen LogP contribution in [0.25, 0.3) is 22.8 Å². The number of benzene rings is 2. The number of aromatic nitrogens is 3. The quantitative estimate of drug-likeness (QED) is 0.473. The summed E-state index contributed by atoms with van der Waals surface area (Å²) in [4.78, 5) is 29.8. The van der Waals surface area contributed by atoms with E-state index >= 15 is 0 Å². The molecule has 2 aromatic heterocycles. The maximum absolute atomic E-state index is 12.9. The molecule has 0 aliphatic heterocycles. The molecular formula is C23H19ClN4O4. The van der Waals surface area contributed by atoms with Crippen molar-refractivity contribution < 1.29 is 14.1 Å². The molecule has 4 aromatic rings. The second kappa shape index (κ2) is 9.07. The zero-order valence-corrected chi connectivity index (χ0v) is 18.1. The van der Waals surface area contributed by atoms with Gasteiger partial charge in [0.1, 0.15) is 17.9 Å². The summed E-state index contributed by atoms with van der Waals surface area (Å²) in [6.07, 6.45) is 1.52. The molecule has 9 heteroatoms. The molecule has 1 N–H and O–H groups in total. The number of hydrogen-bond donors (Lipinski definition) is 1. The lowest BCUT2D eigenvalue weighted by Crippen LogP contribution is -2.28. The third-order valence-electron chi connectivity index (χ3n) is 4.72. The second-order valence-corrected chi connectivity index (χ2v) is 7.47. The minimum Gasteiger partial charge on any atom is -0.495 e. The van der Waals surface area contributed by atoms with Crippen LogP contribution in [0.3, 0.4) is 0 Å². The molecule has 0 unspecified atom stereocenters. The second-order valence-electron chi connectivity index (χ2n) is 7.04. The third-order valence-corrected chi connectivity index (χ3v) is 4.97. The number of ether oxygens (including phenoxy) is 1. The van der Waals surface area contributed by atoms with Crippen LogP contribution in [-0.4, -0.2) is 27.7 Å². The fourth-order valence-corrected chi connectivity index (χ4v) is 3.26. The number of carbonyl (C=O) groups is 1. The first-order valence-electron chi connectivity index (χ1n) is 9.68. The Morgan fingerprint density at radius 1 is 1.19 bits per heavy atom. The van der Waals surface area contributed by atoms with E-state index in [2.05, 4.69) is 15.5 Å². The van der Waals surface area contributed by atoms with Crippen molar-refractivity contribution in [3.05, 3.63) is 81.7 Å². The molecule has 0 fully saturated rings. The summed E-state index contributed by atoms with van der Waals surface area (Å²) in [5.74, 6) is 0.553. The normalized spacial score (nSPS) is 10.7. The molecule has 0 bridgehead atoms. The van der Waals surface area contributed by atoms with Gasteiger partial charge in [-0.05, 0) is 61.0 Å². The number of hydrogen-bond acceptors (Lipinski definition) is 6. The maximum atomic E-state index is 12.9. The first-order chi connectivity index (χ1) is 15.4. The van der Waals surface area contributed by atoms with Gasteiger partial charge in [-0.25, -0.2) is 0 Å². The van der Waals surface area contributed by atoms with Crippen LogP contribution >= 0.6 is 11.6 Å². The minimum atomic E-state index is -0.426. The molecule has 162 valence electrons. The van der Waals surface area contributed by atoms with E-state index < -0.39 is 5.56 Å². The molecule has 0 saturated carbocycles.